The first kappa shape index (κ1) is 18.7. The molecular weight excluding hydrogens is 352 g/mol. The summed E-state index contributed by atoms with van der Waals surface area (Å²) in [5.41, 5.74) is 1.73. The number of piperazine rings is 1. The number of hydrogen-bond acceptors (Lipinski definition) is 5. The smallest absolute Gasteiger partial charge is 0.289 e. The lowest BCUT2D eigenvalue weighted by molar-refractivity contribution is 0.0613. The fourth-order valence-corrected chi connectivity index (χ4v) is 4.77. The van der Waals surface area contributed by atoms with Gasteiger partial charge in [-0.2, -0.15) is 0 Å². The van der Waals surface area contributed by atoms with Crippen molar-refractivity contribution in [3.05, 3.63) is 53.5 Å². The van der Waals surface area contributed by atoms with Crippen LogP contribution in [0.5, 0.6) is 0 Å². The highest BCUT2D eigenvalue weighted by molar-refractivity contribution is 7.91. The van der Waals surface area contributed by atoms with E-state index in [0.717, 1.165) is 11.1 Å². The van der Waals surface area contributed by atoms with Crippen molar-refractivity contribution in [1.29, 1.82) is 0 Å². The van der Waals surface area contributed by atoms with Crippen LogP contribution in [0.1, 0.15) is 21.7 Å². The van der Waals surface area contributed by atoms with Gasteiger partial charge in [0, 0.05) is 32.7 Å². The number of rotatable bonds is 5. The Morgan fingerprint density at radius 2 is 1.85 bits per heavy atom. The molecule has 0 N–H and O–H groups in total. The molecule has 1 aromatic heterocycles. The molecule has 1 aromatic carbocycles. The molecule has 0 aliphatic carbocycles. The molecule has 1 amide bonds. The maximum atomic E-state index is 12.7. The van der Waals surface area contributed by atoms with Crippen molar-refractivity contribution in [3.8, 4) is 0 Å². The van der Waals surface area contributed by atoms with Crippen molar-refractivity contribution in [3.63, 3.8) is 0 Å². The Bertz CT molecular complexity index is 867. The van der Waals surface area contributed by atoms with Gasteiger partial charge >= 0.3 is 0 Å². The molecule has 0 saturated carbocycles. The molecule has 0 spiro atoms. The van der Waals surface area contributed by atoms with E-state index in [1.54, 1.807) is 23.1 Å². The first-order valence-electron chi connectivity index (χ1n) is 8.72. The Balaban J connectivity index is 1.55. The minimum absolute atomic E-state index is 0.0867. The number of hydrogen-bond donors (Lipinski definition) is 0. The first-order chi connectivity index (χ1) is 12.4. The Morgan fingerprint density at radius 3 is 2.50 bits per heavy atom. The molecule has 7 heteroatoms. The number of aryl methyl sites for hydroxylation is 2. The molecule has 0 radical (unpaired) electrons. The summed E-state index contributed by atoms with van der Waals surface area (Å²) in [5.74, 6) is 0.317. The summed E-state index contributed by atoms with van der Waals surface area (Å²) in [6, 6.07) is 8.86. The van der Waals surface area contributed by atoms with Gasteiger partial charge in [0.15, 0.2) is 15.6 Å². The topological polar surface area (TPSA) is 70.8 Å². The molecule has 2 heterocycles. The van der Waals surface area contributed by atoms with Crippen molar-refractivity contribution in [2.75, 3.05) is 38.5 Å². The van der Waals surface area contributed by atoms with E-state index < -0.39 is 9.84 Å². The molecular formula is C19H24N2O4S. The standard InChI is InChI=1S/C19H24N2O4S/c1-15-5-6-16(2)18(14-15)26(23,24)13-11-20-7-9-21(10-8-20)19(22)17-4-3-12-25-17/h3-6,12,14H,7-11,13H2,1-2H3. The van der Waals surface area contributed by atoms with Gasteiger partial charge in [0.2, 0.25) is 0 Å². The zero-order valence-electron chi connectivity index (χ0n) is 15.1. The number of amides is 1. The summed E-state index contributed by atoms with van der Waals surface area (Å²) < 4.78 is 30.5. The summed E-state index contributed by atoms with van der Waals surface area (Å²) in [4.78, 5) is 16.5. The average Bonchev–Trinajstić information content (AvgIpc) is 3.16. The SMILES string of the molecule is Cc1ccc(C)c(S(=O)(=O)CCN2CCN(C(=O)c3ccco3)CC2)c1. The Hall–Kier alpha value is -2.12. The minimum atomic E-state index is -3.32. The third kappa shape index (κ3) is 4.16. The van der Waals surface area contributed by atoms with E-state index in [1.165, 1.54) is 6.26 Å². The summed E-state index contributed by atoms with van der Waals surface area (Å²) in [6.07, 6.45) is 1.49. The number of nitrogens with zero attached hydrogens (tertiary/aromatic N) is 2. The van der Waals surface area contributed by atoms with Crippen LogP contribution in [0.3, 0.4) is 0 Å². The average molecular weight is 376 g/mol. The van der Waals surface area contributed by atoms with Gasteiger partial charge in [-0.05, 0) is 43.2 Å². The molecule has 6 nitrogen and oxygen atoms in total. The maximum absolute atomic E-state index is 12.7. The third-order valence-corrected chi connectivity index (χ3v) is 6.58. The van der Waals surface area contributed by atoms with Crippen LogP contribution in [0.25, 0.3) is 0 Å². The summed E-state index contributed by atoms with van der Waals surface area (Å²) in [6.45, 7) is 6.66. The summed E-state index contributed by atoms with van der Waals surface area (Å²) in [7, 11) is -3.32. The van der Waals surface area contributed by atoms with Gasteiger partial charge in [0.25, 0.3) is 5.91 Å². The highest BCUT2D eigenvalue weighted by Crippen LogP contribution is 2.19. The molecule has 26 heavy (non-hydrogen) atoms. The van der Waals surface area contributed by atoms with Gasteiger partial charge in [-0.15, -0.1) is 0 Å². The van der Waals surface area contributed by atoms with Crippen molar-refractivity contribution >= 4 is 15.7 Å². The zero-order valence-corrected chi connectivity index (χ0v) is 16.0. The lowest BCUT2D eigenvalue weighted by Gasteiger charge is -2.34. The van der Waals surface area contributed by atoms with E-state index in [-0.39, 0.29) is 11.7 Å². The third-order valence-electron chi connectivity index (χ3n) is 4.75. The Morgan fingerprint density at radius 1 is 1.12 bits per heavy atom. The predicted molar refractivity (Wildman–Crippen MR) is 99.0 cm³/mol. The van der Waals surface area contributed by atoms with Crippen LogP contribution in [0.2, 0.25) is 0 Å². The zero-order chi connectivity index (χ0) is 18.7. The molecule has 3 rings (SSSR count). The molecule has 0 unspecified atom stereocenters. The van der Waals surface area contributed by atoms with E-state index in [9.17, 15) is 13.2 Å². The van der Waals surface area contributed by atoms with Gasteiger partial charge in [-0.1, -0.05) is 12.1 Å². The minimum Gasteiger partial charge on any atom is -0.459 e. The van der Waals surface area contributed by atoms with E-state index in [4.69, 9.17) is 4.42 Å². The fourth-order valence-electron chi connectivity index (χ4n) is 3.13. The number of carbonyl (C=O) groups excluding carboxylic acids is 1. The summed E-state index contributed by atoms with van der Waals surface area (Å²) in [5, 5.41) is 0. The highest BCUT2D eigenvalue weighted by Gasteiger charge is 2.25. The molecule has 1 aliphatic rings. The van der Waals surface area contributed by atoms with Gasteiger partial charge in [-0.3, -0.25) is 9.69 Å². The molecule has 0 bridgehead atoms. The summed E-state index contributed by atoms with van der Waals surface area (Å²) >= 11 is 0. The van der Waals surface area contributed by atoms with Crippen molar-refractivity contribution < 1.29 is 17.6 Å². The van der Waals surface area contributed by atoms with Crippen LogP contribution in [0, 0.1) is 13.8 Å². The molecule has 1 fully saturated rings. The quantitative estimate of drug-likeness (QED) is 0.799. The maximum Gasteiger partial charge on any atom is 0.289 e. The number of benzene rings is 1. The monoisotopic (exact) mass is 376 g/mol. The number of sulfone groups is 1. The lowest BCUT2D eigenvalue weighted by Crippen LogP contribution is -2.49. The second kappa shape index (κ2) is 7.63. The van der Waals surface area contributed by atoms with Gasteiger partial charge in [-0.25, -0.2) is 8.42 Å². The van der Waals surface area contributed by atoms with E-state index in [2.05, 4.69) is 4.90 Å². The van der Waals surface area contributed by atoms with Gasteiger partial charge in [0.1, 0.15) is 0 Å². The molecule has 0 atom stereocenters. The molecule has 1 aliphatic heterocycles. The Labute approximate surface area is 154 Å². The second-order valence-corrected chi connectivity index (χ2v) is 8.78. The van der Waals surface area contributed by atoms with Crippen LogP contribution in [-0.4, -0.2) is 62.6 Å². The molecule has 2 aromatic rings. The highest BCUT2D eigenvalue weighted by atomic mass is 32.2. The van der Waals surface area contributed by atoms with Crippen LogP contribution in [0.15, 0.2) is 45.9 Å². The normalized spacial score (nSPS) is 16.0. The lowest BCUT2D eigenvalue weighted by atomic mass is 10.2. The van der Waals surface area contributed by atoms with Crippen LogP contribution < -0.4 is 0 Å². The largest absolute Gasteiger partial charge is 0.459 e. The predicted octanol–water partition coefficient (Wildman–Crippen LogP) is 2.13. The fraction of sp³-hybridized carbons (Fsp3) is 0.421. The van der Waals surface area contributed by atoms with E-state index >= 15 is 0 Å². The van der Waals surface area contributed by atoms with E-state index in [0.29, 0.717) is 43.4 Å². The Kier molecular flexibility index (Phi) is 5.48. The van der Waals surface area contributed by atoms with E-state index in [1.807, 2.05) is 26.0 Å². The van der Waals surface area contributed by atoms with Crippen LogP contribution in [0.4, 0.5) is 0 Å². The second-order valence-electron chi connectivity index (χ2n) is 6.70. The van der Waals surface area contributed by atoms with Crippen molar-refractivity contribution in [1.82, 2.24) is 9.80 Å². The van der Waals surface area contributed by atoms with Crippen molar-refractivity contribution in [2.45, 2.75) is 18.7 Å². The van der Waals surface area contributed by atoms with Crippen molar-refractivity contribution in [2.24, 2.45) is 0 Å². The number of furan rings is 1. The number of carbonyl (C=O) groups is 1. The van der Waals surface area contributed by atoms with Gasteiger partial charge < -0.3 is 9.32 Å². The first-order valence-corrected chi connectivity index (χ1v) is 10.4. The molecule has 140 valence electrons. The van der Waals surface area contributed by atoms with Gasteiger partial charge in [0.05, 0.1) is 16.9 Å². The molecule has 1 saturated heterocycles. The van der Waals surface area contributed by atoms with Crippen LogP contribution in [-0.2, 0) is 9.84 Å². The van der Waals surface area contributed by atoms with Crippen LogP contribution >= 0.6 is 0 Å².